The Balaban J connectivity index is 1.82. The molecule has 0 saturated heterocycles. The van der Waals surface area contributed by atoms with Gasteiger partial charge in [0.2, 0.25) is 0 Å². The van der Waals surface area contributed by atoms with Crippen LogP contribution >= 0.6 is 12.2 Å². The third-order valence-corrected chi connectivity index (χ3v) is 3.64. The molecule has 0 radical (unpaired) electrons. The summed E-state index contributed by atoms with van der Waals surface area (Å²) in [7, 11) is 0. The Hall–Kier alpha value is -2.72. The maximum absolute atomic E-state index is 5.97. The molecule has 1 atom stereocenters. The number of nitrogens with zero attached hydrogens (tertiary/aromatic N) is 2. The zero-order valence-corrected chi connectivity index (χ0v) is 13.3. The van der Waals surface area contributed by atoms with E-state index < -0.39 is 0 Å². The quantitative estimate of drug-likeness (QED) is 0.663. The lowest BCUT2D eigenvalue weighted by molar-refractivity contribution is 0.239. The molecule has 0 saturated carbocycles. The third kappa shape index (κ3) is 4.14. The number of benzene rings is 2. The van der Waals surface area contributed by atoms with Crippen LogP contribution in [0.25, 0.3) is 6.08 Å². The fourth-order valence-corrected chi connectivity index (χ4v) is 2.37. The first-order chi connectivity index (χ1) is 11.3. The molecule has 4 heteroatoms. The summed E-state index contributed by atoms with van der Waals surface area (Å²) in [6, 6.07) is 20.1. The van der Waals surface area contributed by atoms with Crippen molar-refractivity contribution in [1.29, 1.82) is 0 Å². The first-order valence-corrected chi connectivity index (χ1v) is 7.71. The van der Waals surface area contributed by atoms with Crippen LogP contribution in [-0.2, 0) is 4.74 Å². The molecule has 3 nitrogen and oxygen atoms in total. The van der Waals surface area contributed by atoms with Crippen molar-refractivity contribution in [2.75, 3.05) is 0 Å². The molecule has 0 bridgehead atoms. The van der Waals surface area contributed by atoms with Crippen LogP contribution in [0.3, 0.4) is 0 Å². The van der Waals surface area contributed by atoms with Crippen LogP contribution in [0.5, 0.6) is 0 Å². The zero-order chi connectivity index (χ0) is 15.9. The molecule has 0 amide bonds. The van der Waals surface area contributed by atoms with E-state index in [1.807, 2.05) is 72.8 Å². The Morgan fingerprint density at radius 2 is 1.74 bits per heavy atom. The van der Waals surface area contributed by atoms with Gasteiger partial charge in [-0.1, -0.05) is 66.7 Å². The van der Waals surface area contributed by atoms with Gasteiger partial charge in [-0.2, -0.15) is 0 Å². The Kier molecular flexibility index (Phi) is 4.96. The van der Waals surface area contributed by atoms with Crippen molar-refractivity contribution < 1.29 is 4.74 Å². The topological polar surface area (TPSA) is 27.1 Å². The highest BCUT2D eigenvalue weighted by molar-refractivity contribution is 7.80. The summed E-state index contributed by atoms with van der Waals surface area (Å²) < 4.78 is 7.65. The molecule has 0 aliphatic rings. The van der Waals surface area contributed by atoms with Crippen molar-refractivity contribution in [3.8, 4) is 0 Å². The van der Waals surface area contributed by atoms with Gasteiger partial charge in [0, 0.05) is 12.4 Å². The van der Waals surface area contributed by atoms with Crippen molar-refractivity contribution >= 4 is 23.5 Å². The number of imidazole rings is 1. The summed E-state index contributed by atoms with van der Waals surface area (Å²) >= 11 is 5.35. The molecule has 0 fully saturated rings. The van der Waals surface area contributed by atoms with Gasteiger partial charge in [-0.15, -0.1) is 0 Å². The molecule has 0 aliphatic carbocycles. The minimum Gasteiger partial charge on any atom is -0.458 e. The highest BCUT2D eigenvalue weighted by atomic mass is 32.1. The van der Waals surface area contributed by atoms with E-state index in [0.717, 1.165) is 11.1 Å². The Morgan fingerprint density at radius 1 is 1.04 bits per heavy atom. The molecule has 0 N–H and O–H groups in total. The van der Waals surface area contributed by atoms with Crippen molar-refractivity contribution in [2.24, 2.45) is 0 Å². The predicted molar refractivity (Wildman–Crippen MR) is 96.0 cm³/mol. The van der Waals surface area contributed by atoms with Crippen LogP contribution in [-0.4, -0.2) is 14.7 Å². The number of ether oxygens (including phenoxy) is 1. The fourth-order valence-electron chi connectivity index (χ4n) is 2.16. The van der Waals surface area contributed by atoms with Gasteiger partial charge in [0.1, 0.15) is 12.4 Å². The fraction of sp³-hybridized carbons (Fsp3) is 0.0526. The molecule has 0 spiro atoms. The van der Waals surface area contributed by atoms with Gasteiger partial charge < -0.3 is 4.74 Å². The first-order valence-electron chi connectivity index (χ1n) is 7.30. The molecule has 2 aromatic carbocycles. The molecule has 114 valence electrons. The van der Waals surface area contributed by atoms with E-state index in [9.17, 15) is 0 Å². The van der Waals surface area contributed by atoms with E-state index in [1.165, 1.54) is 0 Å². The molecule has 3 rings (SSSR count). The van der Waals surface area contributed by atoms with Crippen molar-refractivity contribution in [1.82, 2.24) is 9.55 Å². The van der Waals surface area contributed by atoms with Gasteiger partial charge in [0.25, 0.3) is 5.17 Å². The minimum atomic E-state index is -0.258. The van der Waals surface area contributed by atoms with Crippen LogP contribution in [0.4, 0.5) is 0 Å². The molecular weight excluding hydrogens is 304 g/mol. The zero-order valence-electron chi connectivity index (χ0n) is 12.4. The SMILES string of the molecule is S=C(OC(/C=C/c1ccccc1)c1ccccc1)n1ccnc1. The van der Waals surface area contributed by atoms with Crippen molar-refractivity contribution in [3.63, 3.8) is 0 Å². The average molecular weight is 320 g/mol. The minimum absolute atomic E-state index is 0.258. The average Bonchev–Trinajstić information content (AvgIpc) is 3.15. The van der Waals surface area contributed by atoms with Gasteiger partial charge in [0.05, 0.1) is 0 Å². The highest BCUT2D eigenvalue weighted by Gasteiger charge is 2.12. The van der Waals surface area contributed by atoms with E-state index in [2.05, 4.69) is 4.98 Å². The second kappa shape index (κ2) is 7.51. The van der Waals surface area contributed by atoms with Crippen LogP contribution < -0.4 is 0 Å². The molecular formula is C19H16N2OS. The lowest BCUT2D eigenvalue weighted by Gasteiger charge is -2.17. The second-order valence-corrected chi connectivity index (χ2v) is 5.30. The largest absolute Gasteiger partial charge is 0.458 e. The number of hydrogen-bond donors (Lipinski definition) is 0. The standard InChI is InChI=1S/C19H16N2OS/c23-19(21-14-13-20-15-21)22-18(17-9-5-2-6-10-17)12-11-16-7-3-1-4-8-16/h1-15,18H/b12-11+. The summed E-state index contributed by atoms with van der Waals surface area (Å²) in [5.41, 5.74) is 2.16. The van der Waals surface area contributed by atoms with Gasteiger partial charge >= 0.3 is 0 Å². The molecule has 1 aromatic heterocycles. The Morgan fingerprint density at radius 3 is 2.39 bits per heavy atom. The molecule has 3 aromatic rings. The summed E-state index contributed by atoms with van der Waals surface area (Å²) in [5.74, 6) is 0. The highest BCUT2D eigenvalue weighted by Crippen LogP contribution is 2.21. The number of hydrogen-bond acceptors (Lipinski definition) is 3. The molecule has 0 aliphatic heterocycles. The summed E-state index contributed by atoms with van der Waals surface area (Å²) in [5, 5.41) is 0.370. The second-order valence-electron chi connectivity index (χ2n) is 4.95. The van der Waals surface area contributed by atoms with Crippen LogP contribution in [0.1, 0.15) is 17.2 Å². The van der Waals surface area contributed by atoms with E-state index >= 15 is 0 Å². The monoisotopic (exact) mass is 320 g/mol. The lowest BCUT2D eigenvalue weighted by Crippen LogP contribution is -2.14. The van der Waals surface area contributed by atoms with Crippen molar-refractivity contribution in [3.05, 3.63) is 96.6 Å². The van der Waals surface area contributed by atoms with Gasteiger partial charge in [-0.3, -0.25) is 4.57 Å². The normalized spacial score (nSPS) is 12.2. The summed E-state index contributed by atoms with van der Waals surface area (Å²) in [4.78, 5) is 3.99. The summed E-state index contributed by atoms with van der Waals surface area (Å²) in [6.07, 6.45) is 8.86. The van der Waals surface area contributed by atoms with Gasteiger partial charge in [0.15, 0.2) is 0 Å². The number of thiocarbonyl (C=S) groups is 1. The third-order valence-electron chi connectivity index (χ3n) is 3.33. The maximum atomic E-state index is 5.97. The summed E-state index contributed by atoms with van der Waals surface area (Å²) in [6.45, 7) is 0. The van der Waals surface area contributed by atoms with E-state index in [-0.39, 0.29) is 6.10 Å². The van der Waals surface area contributed by atoms with Crippen LogP contribution in [0.2, 0.25) is 0 Å². The smallest absolute Gasteiger partial charge is 0.269 e. The first kappa shape index (κ1) is 15.2. The molecule has 1 unspecified atom stereocenters. The van der Waals surface area contributed by atoms with Gasteiger partial charge in [-0.25, -0.2) is 4.98 Å². The van der Waals surface area contributed by atoms with Crippen LogP contribution in [0, 0.1) is 0 Å². The maximum Gasteiger partial charge on any atom is 0.269 e. The van der Waals surface area contributed by atoms with E-state index in [0.29, 0.717) is 5.17 Å². The predicted octanol–water partition coefficient (Wildman–Crippen LogP) is 4.49. The lowest BCUT2D eigenvalue weighted by atomic mass is 10.1. The molecule has 1 heterocycles. The Bertz CT molecular complexity index is 768. The Labute approximate surface area is 140 Å². The van der Waals surface area contributed by atoms with E-state index in [4.69, 9.17) is 17.0 Å². The molecule has 23 heavy (non-hydrogen) atoms. The number of rotatable bonds is 4. The van der Waals surface area contributed by atoms with Crippen molar-refractivity contribution in [2.45, 2.75) is 6.10 Å². The number of aromatic nitrogens is 2. The van der Waals surface area contributed by atoms with Gasteiger partial charge in [-0.05, 0) is 29.4 Å². The van der Waals surface area contributed by atoms with E-state index in [1.54, 1.807) is 23.3 Å². The van der Waals surface area contributed by atoms with Crippen LogP contribution in [0.15, 0.2) is 85.5 Å².